The van der Waals surface area contributed by atoms with E-state index in [0.717, 1.165) is 22.3 Å². The van der Waals surface area contributed by atoms with Gasteiger partial charge < -0.3 is 21.0 Å². The number of aryl methyl sites for hydroxylation is 1. The first-order valence-electron chi connectivity index (χ1n) is 10.4. The van der Waals surface area contributed by atoms with Gasteiger partial charge in [0.05, 0.1) is 6.61 Å². The third-order valence-electron chi connectivity index (χ3n) is 5.12. The van der Waals surface area contributed by atoms with Crippen LogP contribution in [0.15, 0.2) is 63.7 Å². The molecule has 3 aromatic rings. The number of halogens is 1. The van der Waals surface area contributed by atoms with Crippen molar-refractivity contribution in [2.45, 2.75) is 32.6 Å². The van der Waals surface area contributed by atoms with Crippen molar-refractivity contribution >= 4 is 39.6 Å². The molecule has 1 aromatic heterocycles. The Morgan fingerprint density at radius 2 is 1.91 bits per heavy atom. The summed E-state index contributed by atoms with van der Waals surface area (Å²) in [4.78, 5) is 24.7. The number of benzene rings is 2. The van der Waals surface area contributed by atoms with Gasteiger partial charge in [-0.05, 0) is 87.8 Å². The van der Waals surface area contributed by atoms with E-state index in [-0.39, 0.29) is 20.3 Å². The summed E-state index contributed by atoms with van der Waals surface area (Å²) in [6.45, 7) is 2.64. The van der Waals surface area contributed by atoms with Gasteiger partial charge in [-0.15, -0.1) is 0 Å². The predicted octanol–water partition coefficient (Wildman–Crippen LogP) is 2.79. The summed E-state index contributed by atoms with van der Waals surface area (Å²) >= 11 is 4.82. The van der Waals surface area contributed by atoms with E-state index in [0.29, 0.717) is 41.4 Å². The monoisotopic (exact) mass is 539 g/mol. The van der Waals surface area contributed by atoms with Gasteiger partial charge in [-0.3, -0.25) is 4.79 Å². The summed E-state index contributed by atoms with van der Waals surface area (Å²) in [5.41, 5.74) is 3.99. The third kappa shape index (κ3) is 7.79. The van der Waals surface area contributed by atoms with Gasteiger partial charge in [0, 0.05) is 5.56 Å². The van der Waals surface area contributed by atoms with E-state index in [2.05, 4.69) is 21.2 Å². The molecular weight excluding hydrogens is 513 g/mol. The van der Waals surface area contributed by atoms with Crippen molar-refractivity contribution in [2.24, 2.45) is 0 Å². The van der Waals surface area contributed by atoms with Crippen LogP contribution in [0, 0.1) is 6.92 Å². The second-order valence-electron chi connectivity index (χ2n) is 7.54. The number of hydrogen-bond donors (Lipinski definition) is 2. The van der Waals surface area contributed by atoms with Gasteiger partial charge in [-0.2, -0.15) is 11.8 Å². The number of aliphatic carboxylic acids is 1. The summed E-state index contributed by atoms with van der Waals surface area (Å²) in [5.74, 6) is -0.0919. The Balaban J connectivity index is 0.00000306. The fraction of sp³-hybridized carbons (Fsp3) is 0.280. The molecule has 0 radical (unpaired) electrons. The van der Waals surface area contributed by atoms with E-state index in [4.69, 9.17) is 9.15 Å². The Morgan fingerprint density at radius 3 is 2.56 bits per heavy atom. The van der Waals surface area contributed by atoms with Crippen molar-refractivity contribution in [1.82, 2.24) is 5.32 Å². The van der Waals surface area contributed by atoms with Crippen LogP contribution in [0.2, 0.25) is 0 Å². The molecule has 1 atom stereocenters. The number of amides is 1. The number of hydrogen-bond acceptors (Lipinski definition) is 5. The van der Waals surface area contributed by atoms with Gasteiger partial charge in [0.2, 0.25) is 0 Å². The van der Waals surface area contributed by atoms with Crippen LogP contribution in [0.25, 0.3) is 11.1 Å². The minimum atomic E-state index is -1.04. The molecule has 0 bridgehead atoms. The van der Waals surface area contributed by atoms with E-state index in [9.17, 15) is 14.7 Å². The number of thioether (sulfide) groups is 1. The normalized spacial score (nSPS) is 11.5. The number of carboxylic acid groups (broad SMARTS) is 1. The number of ether oxygens (including phenoxy) is 1. The maximum Gasteiger partial charge on any atom is 1.00 e. The van der Waals surface area contributed by atoms with E-state index >= 15 is 0 Å². The van der Waals surface area contributed by atoms with Crippen molar-refractivity contribution in [3.8, 4) is 11.1 Å². The van der Waals surface area contributed by atoms with E-state index in [1.807, 2.05) is 61.7 Å². The van der Waals surface area contributed by atoms with Gasteiger partial charge in [0.1, 0.15) is 18.4 Å². The standard InChI is InChI=1S/C25H26BrNO5S.Li.H/c1-16-5-3-4-6-19(16)21-13-17(14-31-15-18-8-10-23(26)32-18)7-9-20(21)24(28)27-22(25(29)30)11-12-33-2;;/h3-10,13,22H,11-12,14-15H2,1-2H3,(H,27,28)(H,29,30);;/q;+1;-1. The van der Waals surface area contributed by atoms with Gasteiger partial charge in [-0.1, -0.05) is 30.3 Å². The smallest absolute Gasteiger partial charge is 1.00 e. The number of carboxylic acids is 1. The maximum atomic E-state index is 13.1. The third-order valence-corrected chi connectivity index (χ3v) is 6.19. The number of furan rings is 1. The largest absolute Gasteiger partial charge is 1.00 e. The Kier molecular flexibility index (Phi) is 11.5. The predicted molar refractivity (Wildman–Crippen MR) is 135 cm³/mol. The van der Waals surface area contributed by atoms with Crippen LogP contribution >= 0.6 is 27.7 Å². The molecular formula is C25H27BrLiNO5S. The molecule has 2 aromatic carbocycles. The molecule has 0 saturated carbocycles. The van der Waals surface area contributed by atoms with Crippen LogP contribution in [0.3, 0.4) is 0 Å². The van der Waals surface area contributed by atoms with Gasteiger partial charge >= 0.3 is 24.8 Å². The number of carbonyl (C=O) groups excluding carboxylic acids is 1. The summed E-state index contributed by atoms with van der Waals surface area (Å²) < 4.78 is 11.9. The maximum absolute atomic E-state index is 13.1. The van der Waals surface area contributed by atoms with Crippen molar-refractivity contribution in [1.29, 1.82) is 0 Å². The first-order chi connectivity index (χ1) is 15.9. The molecule has 1 amide bonds. The minimum Gasteiger partial charge on any atom is -1.00 e. The van der Waals surface area contributed by atoms with Crippen LogP contribution in [0.1, 0.15) is 35.1 Å². The summed E-state index contributed by atoms with van der Waals surface area (Å²) in [7, 11) is 0. The van der Waals surface area contributed by atoms with E-state index in [1.54, 1.807) is 17.8 Å². The van der Waals surface area contributed by atoms with Crippen LogP contribution in [0.4, 0.5) is 0 Å². The molecule has 0 saturated heterocycles. The average Bonchev–Trinajstić information content (AvgIpc) is 3.21. The SMILES string of the molecule is CSCCC(NC(=O)c1ccc(COCc2ccc(Br)o2)cc1-c1ccccc1C)C(=O)O.[H-].[Li+]. The van der Waals surface area contributed by atoms with Crippen molar-refractivity contribution in [3.05, 3.63) is 81.7 Å². The van der Waals surface area contributed by atoms with E-state index < -0.39 is 17.9 Å². The zero-order chi connectivity index (χ0) is 23.8. The Bertz CT molecular complexity index is 1130. The second-order valence-corrected chi connectivity index (χ2v) is 9.31. The molecule has 0 aliphatic heterocycles. The molecule has 0 aliphatic rings. The van der Waals surface area contributed by atoms with Crippen LogP contribution in [-0.2, 0) is 22.7 Å². The Labute approximate surface area is 225 Å². The molecule has 3 rings (SSSR count). The zero-order valence-corrected chi connectivity index (χ0v) is 21.9. The van der Waals surface area contributed by atoms with Crippen LogP contribution in [-0.4, -0.2) is 35.0 Å². The van der Waals surface area contributed by atoms with Crippen molar-refractivity contribution in [3.63, 3.8) is 0 Å². The fourth-order valence-electron chi connectivity index (χ4n) is 3.40. The zero-order valence-electron chi connectivity index (χ0n) is 20.5. The van der Waals surface area contributed by atoms with E-state index in [1.165, 1.54) is 0 Å². The second kappa shape index (κ2) is 13.8. The van der Waals surface area contributed by atoms with Crippen molar-refractivity contribution < 1.29 is 44.1 Å². The molecule has 34 heavy (non-hydrogen) atoms. The minimum absolute atomic E-state index is 0. The molecule has 6 nitrogen and oxygen atoms in total. The Hall–Kier alpha value is -1.95. The first-order valence-corrected chi connectivity index (χ1v) is 12.6. The molecule has 9 heteroatoms. The molecule has 0 fully saturated rings. The molecule has 0 aliphatic carbocycles. The van der Waals surface area contributed by atoms with Gasteiger partial charge in [0.15, 0.2) is 4.67 Å². The molecule has 1 heterocycles. The molecule has 0 spiro atoms. The summed E-state index contributed by atoms with van der Waals surface area (Å²) in [6, 6.07) is 16.0. The first kappa shape index (κ1) is 28.3. The average molecular weight is 540 g/mol. The van der Waals surface area contributed by atoms with Gasteiger partial charge in [0.25, 0.3) is 5.91 Å². The molecule has 1 unspecified atom stereocenters. The van der Waals surface area contributed by atoms with Crippen LogP contribution < -0.4 is 24.2 Å². The van der Waals surface area contributed by atoms with Crippen molar-refractivity contribution in [2.75, 3.05) is 12.0 Å². The van der Waals surface area contributed by atoms with Gasteiger partial charge in [-0.25, -0.2) is 4.79 Å². The number of nitrogens with one attached hydrogen (secondary N) is 1. The fourth-order valence-corrected chi connectivity index (χ4v) is 4.22. The van der Waals surface area contributed by atoms with Crippen LogP contribution in [0.5, 0.6) is 0 Å². The molecule has 176 valence electrons. The number of carbonyl (C=O) groups is 2. The Morgan fingerprint density at radius 1 is 1.15 bits per heavy atom. The quantitative estimate of drug-likeness (QED) is 0.364. The topological polar surface area (TPSA) is 88.8 Å². The summed E-state index contributed by atoms with van der Waals surface area (Å²) in [5, 5.41) is 12.2. The number of rotatable bonds is 11. The molecule has 2 N–H and O–H groups in total. The summed E-state index contributed by atoms with van der Waals surface area (Å²) in [6.07, 6.45) is 2.26.